The first-order valence-electron chi connectivity index (χ1n) is 10.4. The lowest BCUT2D eigenvalue weighted by molar-refractivity contribution is -0.139. The third-order valence-electron chi connectivity index (χ3n) is 5.59. The van der Waals surface area contributed by atoms with Gasteiger partial charge in [-0.15, -0.1) is 0 Å². The number of halogens is 6. The van der Waals surface area contributed by atoms with E-state index in [0.29, 0.717) is 37.2 Å². The van der Waals surface area contributed by atoms with Gasteiger partial charge in [-0.2, -0.15) is 26.3 Å². The molecule has 1 heterocycles. The standard InChI is InChI=1S/C24H23F6NO2/c25-23(26,27)20-7-3-16(4-8-20)1-2-18-11-19(12-22(32)33)15-31(14-18)13-17-5-9-21(10-6-17)24(28,29)30/h1-10,18-19H,11-15H2,(H,32,33)/b2-1+/t18-,19+/m0/s1. The average Bonchev–Trinajstić information content (AvgIpc) is 2.71. The van der Waals surface area contributed by atoms with Crippen LogP contribution >= 0.6 is 0 Å². The van der Waals surface area contributed by atoms with Crippen molar-refractivity contribution in [2.24, 2.45) is 11.8 Å². The number of hydrogen-bond acceptors (Lipinski definition) is 2. The third kappa shape index (κ3) is 7.35. The van der Waals surface area contributed by atoms with Gasteiger partial charge in [0.2, 0.25) is 0 Å². The van der Waals surface area contributed by atoms with E-state index in [2.05, 4.69) is 0 Å². The van der Waals surface area contributed by atoms with Gasteiger partial charge in [0.05, 0.1) is 11.1 Å². The molecule has 1 aliphatic rings. The monoisotopic (exact) mass is 471 g/mol. The van der Waals surface area contributed by atoms with E-state index in [1.54, 1.807) is 6.08 Å². The van der Waals surface area contributed by atoms with E-state index >= 15 is 0 Å². The van der Waals surface area contributed by atoms with Crippen LogP contribution in [0.1, 0.15) is 35.1 Å². The quantitative estimate of drug-likeness (QED) is 0.499. The lowest BCUT2D eigenvalue weighted by Crippen LogP contribution is -2.40. The molecule has 1 aliphatic heterocycles. The highest BCUT2D eigenvalue weighted by Crippen LogP contribution is 2.31. The van der Waals surface area contributed by atoms with Crippen molar-refractivity contribution in [3.05, 3.63) is 76.9 Å². The molecule has 1 N–H and O–H groups in total. The third-order valence-corrected chi connectivity index (χ3v) is 5.59. The molecule has 0 saturated carbocycles. The molecule has 0 amide bonds. The summed E-state index contributed by atoms with van der Waals surface area (Å²) < 4.78 is 76.5. The molecule has 2 aromatic carbocycles. The number of carboxylic acid groups (broad SMARTS) is 1. The van der Waals surface area contributed by atoms with Gasteiger partial charge in [-0.05, 0) is 53.6 Å². The van der Waals surface area contributed by atoms with Gasteiger partial charge in [-0.3, -0.25) is 9.69 Å². The molecule has 0 aliphatic carbocycles. The molecule has 9 heteroatoms. The summed E-state index contributed by atoms with van der Waals surface area (Å²) in [5, 5.41) is 9.20. The number of aliphatic carboxylic acids is 1. The Labute approximate surface area is 187 Å². The van der Waals surface area contributed by atoms with Crippen molar-refractivity contribution < 1.29 is 36.2 Å². The van der Waals surface area contributed by atoms with Gasteiger partial charge in [0.25, 0.3) is 0 Å². The predicted molar refractivity (Wildman–Crippen MR) is 111 cm³/mol. The lowest BCUT2D eigenvalue weighted by Gasteiger charge is -2.36. The van der Waals surface area contributed by atoms with Gasteiger partial charge >= 0.3 is 18.3 Å². The molecule has 178 valence electrons. The topological polar surface area (TPSA) is 40.5 Å². The van der Waals surface area contributed by atoms with Gasteiger partial charge in [-0.25, -0.2) is 0 Å². The van der Waals surface area contributed by atoms with Crippen molar-refractivity contribution in [3.63, 3.8) is 0 Å². The van der Waals surface area contributed by atoms with Crippen LogP contribution in [0.5, 0.6) is 0 Å². The molecular formula is C24H23F6NO2. The van der Waals surface area contributed by atoms with Crippen LogP contribution in [0.25, 0.3) is 6.08 Å². The molecule has 0 radical (unpaired) electrons. The molecule has 2 aromatic rings. The number of piperidine rings is 1. The van der Waals surface area contributed by atoms with Crippen molar-refractivity contribution in [2.45, 2.75) is 31.7 Å². The molecule has 0 spiro atoms. The molecule has 0 unspecified atom stereocenters. The maximum Gasteiger partial charge on any atom is 0.416 e. The number of hydrogen-bond donors (Lipinski definition) is 1. The minimum absolute atomic E-state index is 0.0336. The number of benzene rings is 2. The number of carboxylic acids is 1. The predicted octanol–water partition coefficient (Wildman–Crippen LogP) is 6.35. The van der Waals surface area contributed by atoms with Crippen molar-refractivity contribution >= 4 is 12.0 Å². The zero-order valence-corrected chi connectivity index (χ0v) is 17.5. The van der Waals surface area contributed by atoms with Gasteiger partial charge in [0.1, 0.15) is 0 Å². The summed E-state index contributed by atoms with van der Waals surface area (Å²) in [6.07, 6.45) is -4.68. The Morgan fingerprint density at radius 2 is 1.45 bits per heavy atom. The fourth-order valence-corrected chi connectivity index (χ4v) is 4.10. The van der Waals surface area contributed by atoms with E-state index < -0.39 is 29.4 Å². The Morgan fingerprint density at radius 3 is 1.97 bits per heavy atom. The molecule has 0 bridgehead atoms. The molecule has 3 rings (SSSR count). The second-order valence-electron chi connectivity index (χ2n) is 8.33. The first-order valence-corrected chi connectivity index (χ1v) is 10.4. The highest BCUT2D eigenvalue weighted by molar-refractivity contribution is 5.67. The normalized spacial score (nSPS) is 20.3. The van der Waals surface area contributed by atoms with Gasteiger partial charge in [0.15, 0.2) is 0 Å². The number of nitrogens with zero attached hydrogens (tertiary/aromatic N) is 1. The molecule has 3 nitrogen and oxygen atoms in total. The molecule has 1 fully saturated rings. The van der Waals surface area contributed by atoms with Crippen LogP contribution in [0.2, 0.25) is 0 Å². The Kier molecular flexibility index (Phi) is 7.51. The van der Waals surface area contributed by atoms with Crippen molar-refractivity contribution in [1.29, 1.82) is 0 Å². The van der Waals surface area contributed by atoms with Crippen LogP contribution in [-0.4, -0.2) is 29.1 Å². The maximum absolute atomic E-state index is 12.8. The zero-order chi connectivity index (χ0) is 24.2. The second kappa shape index (κ2) is 9.99. The highest BCUT2D eigenvalue weighted by atomic mass is 19.4. The summed E-state index contributed by atoms with van der Waals surface area (Å²) in [7, 11) is 0. The Morgan fingerprint density at radius 1 is 0.909 bits per heavy atom. The summed E-state index contributed by atoms with van der Waals surface area (Å²) >= 11 is 0. The van der Waals surface area contributed by atoms with E-state index in [0.717, 1.165) is 24.3 Å². The Balaban J connectivity index is 1.70. The first-order chi connectivity index (χ1) is 15.4. The largest absolute Gasteiger partial charge is 0.481 e. The van der Waals surface area contributed by atoms with E-state index in [-0.39, 0.29) is 18.3 Å². The Bertz CT molecular complexity index is 964. The molecule has 1 saturated heterocycles. The molecule has 2 atom stereocenters. The summed E-state index contributed by atoms with van der Waals surface area (Å²) in [6.45, 7) is 1.44. The van der Waals surface area contributed by atoms with Crippen LogP contribution in [-0.2, 0) is 23.7 Å². The van der Waals surface area contributed by atoms with Crippen LogP contribution in [0, 0.1) is 11.8 Å². The van der Waals surface area contributed by atoms with E-state index in [4.69, 9.17) is 0 Å². The SMILES string of the molecule is O=C(O)C[C@H]1C[C@H](/C=C/c2ccc(C(F)(F)F)cc2)CN(Cc2ccc(C(F)(F)F)cc2)C1. The van der Waals surface area contributed by atoms with Crippen molar-refractivity contribution in [2.75, 3.05) is 13.1 Å². The number of carbonyl (C=O) groups is 1. The van der Waals surface area contributed by atoms with Crippen molar-refractivity contribution in [3.8, 4) is 0 Å². The minimum Gasteiger partial charge on any atom is -0.481 e. The fraction of sp³-hybridized carbons (Fsp3) is 0.375. The summed E-state index contributed by atoms with van der Waals surface area (Å²) in [5.41, 5.74) is -0.186. The smallest absolute Gasteiger partial charge is 0.416 e. The van der Waals surface area contributed by atoms with E-state index in [9.17, 15) is 36.2 Å². The lowest BCUT2D eigenvalue weighted by atomic mass is 9.86. The maximum atomic E-state index is 12.8. The summed E-state index contributed by atoms with van der Waals surface area (Å²) in [5.74, 6) is -1.12. The summed E-state index contributed by atoms with van der Waals surface area (Å²) in [4.78, 5) is 13.2. The van der Waals surface area contributed by atoms with Gasteiger partial charge in [-0.1, -0.05) is 36.4 Å². The second-order valence-corrected chi connectivity index (χ2v) is 8.33. The van der Waals surface area contributed by atoms with Crippen molar-refractivity contribution in [1.82, 2.24) is 4.90 Å². The zero-order valence-electron chi connectivity index (χ0n) is 17.5. The molecule has 33 heavy (non-hydrogen) atoms. The van der Waals surface area contributed by atoms with E-state index in [1.807, 2.05) is 11.0 Å². The number of rotatable bonds is 6. The van der Waals surface area contributed by atoms with Crippen LogP contribution in [0.3, 0.4) is 0 Å². The van der Waals surface area contributed by atoms with E-state index in [1.165, 1.54) is 24.3 Å². The van der Waals surface area contributed by atoms with Gasteiger partial charge in [0, 0.05) is 26.1 Å². The fourth-order valence-electron chi connectivity index (χ4n) is 4.10. The molecule has 0 aromatic heterocycles. The van der Waals surface area contributed by atoms with Crippen LogP contribution < -0.4 is 0 Å². The average molecular weight is 471 g/mol. The number of alkyl halides is 6. The Hall–Kier alpha value is -2.81. The number of likely N-dealkylation sites (tertiary alicyclic amines) is 1. The first kappa shape index (κ1) is 24.8. The van der Waals surface area contributed by atoms with Gasteiger partial charge < -0.3 is 5.11 Å². The summed E-state index contributed by atoms with van der Waals surface area (Å²) in [6, 6.07) is 9.63. The highest BCUT2D eigenvalue weighted by Gasteiger charge is 2.31. The molecular weight excluding hydrogens is 448 g/mol. The van der Waals surface area contributed by atoms with Crippen LogP contribution in [0.4, 0.5) is 26.3 Å². The van der Waals surface area contributed by atoms with Crippen LogP contribution in [0.15, 0.2) is 54.6 Å². The minimum atomic E-state index is -4.41.